The van der Waals surface area contributed by atoms with Gasteiger partial charge in [-0.05, 0) is 22.3 Å². The zero-order chi connectivity index (χ0) is 24.8. The monoisotopic (exact) mass is 489 g/mol. The lowest BCUT2D eigenvalue weighted by atomic mass is 9.98. The number of carbonyl (C=O) groups is 3. The van der Waals surface area contributed by atoms with Crippen LogP contribution in [0.2, 0.25) is 0 Å². The van der Waals surface area contributed by atoms with Crippen molar-refractivity contribution < 1.29 is 24.2 Å². The predicted octanol–water partition coefficient (Wildman–Crippen LogP) is 3.38. The Bertz CT molecular complexity index is 1250. The number of benzene rings is 2. The third kappa shape index (κ3) is 5.50. The van der Waals surface area contributed by atoms with Crippen molar-refractivity contribution in [2.45, 2.75) is 12.3 Å². The van der Waals surface area contributed by atoms with Crippen LogP contribution in [0.3, 0.4) is 0 Å². The molecule has 2 amide bonds. The molecule has 0 radical (unpaired) electrons. The van der Waals surface area contributed by atoms with Crippen LogP contribution in [-0.2, 0) is 16.0 Å². The Balaban J connectivity index is 1.28. The molecule has 0 spiro atoms. The highest BCUT2D eigenvalue weighted by molar-refractivity contribution is 7.09. The third-order valence-electron chi connectivity index (χ3n) is 5.62. The number of hydrogen-bond donors (Lipinski definition) is 2. The van der Waals surface area contributed by atoms with Crippen molar-refractivity contribution in [2.24, 2.45) is 0 Å². The summed E-state index contributed by atoms with van der Waals surface area (Å²) < 4.78 is 5.51. The molecule has 8 nitrogen and oxygen atoms in total. The second-order valence-corrected chi connectivity index (χ2v) is 8.83. The SMILES string of the molecule is C#CCN(CC(=O)O)C(=O)c1csc(CCNC(=O)OCC2c3ccccc3-c3ccccc32)n1. The highest BCUT2D eigenvalue weighted by Gasteiger charge is 2.29. The predicted molar refractivity (Wildman–Crippen MR) is 131 cm³/mol. The van der Waals surface area contributed by atoms with E-state index in [1.807, 2.05) is 24.3 Å². The number of carboxylic acids is 1. The number of fused-ring (bicyclic) bond motifs is 3. The van der Waals surface area contributed by atoms with E-state index >= 15 is 0 Å². The van der Waals surface area contributed by atoms with Crippen LogP contribution in [0.1, 0.15) is 32.5 Å². The Morgan fingerprint density at radius 1 is 1.11 bits per heavy atom. The van der Waals surface area contributed by atoms with Crippen LogP contribution < -0.4 is 5.32 Å². The summed E-state index contributed by atoms with van der Waals surface area (Å²) in [4.78, 5) is 41.0. The van der Waals surface area contributed by atoms with Crippen molar-refractivity contribution in [3.63, 3.8) is 0 Å². The normalized spacial score (nSPS) is 11.7. The van der Waals surface area contributed by atoms with E-state index in [1.165, 1.54) is 11.3 Å². The van der Waals surface area contributed by atoms with Crippen LogP contribution in [0.4, 0.5) is 4.79 Å². The summed E-state index contributed by atoms with van der Waals surface area (Å²) in [5, 5.41) is 13.9. The number of hydrogen-bond acceptors (Lipinski definition) is 6. The molecule has 0 saturated carbocycles. The summed E-state index contributed by atoms with van der Waals surface area (Å²) in [6.45, 7) is -0.119. The van der Waals surface area contributed by atoms with Crippen molar-refractivity contribution in [3.05, 3.63) is 75.7 Å². The molecule has 0 fully saturated rings. The Morgan fingerprint density at radius 3 is 2.40 bits per heavy atom. The van der Waals surface area contributed by atoms with Crippen molar-refractivity contribution >= 4 is 29.3 Å². The number of thiazole rings is 1. The minimum Gasteiger partial charge on any atom is -0.480 e. The molecule has 0 bridgehead atoms. The topological polar surface area (TPSA) is 109 Å². The first kappa shape index (κ1) is 24.0. The number of aliphatic carboxylic acids is 1. The van der Waals surface area contributed by atoms with Crippen molar-refractivity contribution in [1.29, 1.82) is 0 Å². The lowest BCUT2D eigenvalue weighted by Crippen LogP contribution is -2.36. The Morgan fingerprint density at radius 2 is 1.77 bits per heavy atom. The van der Waals surface area contributed by atoms with Gasteiger partial charge in [0.1, 0.15) is 18.8 Å². The van der Waals surface area contributed by atoms with Crippen LogP contribution in [-0.4, -0.2) is 59.2 Å². The highest BCUT2D eigenvalue weighted by Crippen LogP contribution is 2.44. The molecule has 0 atom stereocenters. The number of amides is 2. The molecule has 35 heavy (non-hydrogen) atoms. The van der Waals surface area contributed by atoms with Gasteiger partial charge in [-0.3, -0.25) is 9.59 Å². The number of nitrogens with zero attached hydrogens (tertiary/aromatic N) is 2. The van der Waals surface area contributed by atoms with E-state index < -0.39 is 24.5 Å². The number of aromatic nitrogens is 1. The van der Waals surface area contributed by atoms with E-state index in [4.69, 9.17) is 16.3 Å². The summed E-state index contributed by atoms with van der Waals surface area (Å²) in [5.74, 6) is 0.560. The number of alkyl carbamates (subject to hydrolysis) is 1. The van der Waals surface area contributed by atoms with Crippen molar-refractivity contribution in [3.8, 4) is 23.5 Å². The van der Waals surface area contributed by atoms with E-state index in [0.29, 0.717) is 11.4 Å². The molecule has 1 aliphatic rings. The summed E-state index contributed by atoms with van der Waals surface area (Å²) in [6.07, 6.45) is 5.10. The molecular formula is C26H23N3O5S. The molecule has 1 heterocycles. The molecule has 1 aromatic heterocycles. The zero-order valence-electron chi connectivity index (χ0n) is 18.8. The van der Waals surface area contributed by atoms with Gasteiger partial charge in [-0.25, -0.2) is 9.78 Å². The van der Waals surface area contributed by atoms with Crippen LogP contribution in [0.15, 0.2) is 53.9 Å². The van der Waals surface area contributed by atoms with Gasteiger partial charge in [0.15, 0.2) is 0 Å². The smallest absolute Gasteiger partial charge is 0.407 e. The molecule has 178 valence electrons. The number of terminal acetylenes is 1. The molecule has 2 N–H and O–H groups in total. The van der Waals surface area contributed by atoms with Crippen molar-refractivity contribution in [2.75, 3.05) is 26.2 Å². The lowest BCUT2D eigenvalue weighted by molar-refractivity contribution is -0.137. The number of nitrogens with one attached hydrogen (secondary N) is 1. The second-order valence-electron chi connectivity index (χ2n) is 7.89. The molecule has 0 saturated heterocycles. The molecule has 0 aliphatic heterocycles. The first-order valence-corrected chi connectivity index (χ1v) is 11.8. The van der Waals surface area contributed by atoms with Gasteiger partial charge >= 0.3 is 12.1 Å². The fourth-order valence-electron chi connectivity index (χ4n) is 4.08. The number of carboxylic acid groups (broad SMARTS) is 1. The molecule has 3 aromatic rings. The number of carbonyl (C=O) groups excluding carboxylic acids is 2. The number of rotatable bonds is 9. The Labute approximate surface area is 206 Å². The maximum atomic E-state index is 12.5. The molecular weight excluding hydrogens is 466 g/mol. The van der Waals surface area contributed by atoms with Gasteiger partial charge in [0.05, 0.1) is 11.6 Å². The first-order valence-electron chi connectivity index (χ1n) is 11.0. The number of ether oxygens (including phenoxy) is 1. The maximum absolute atomic E-state index is 12.5. The van der Waals surface area contributed by atoms with Gasteiger partial charge in [0, 0.05) is 24.3 Å². The summed E-state index contributed by atoms with van der Waals surface area (Å²) >= 11 is 1.25. The summed E-state index contributed by atoms with van der Waals surface area (Å²) in [7, 11) is 0. The van der Waals surface area contributed by atoms with E-state index in [9.17, 15) is 14.4 Å². The molecule has 9 heteroatoms. The van der Waals surface area contributed by atoms with E-state index in [1.54, 1.807) is 5.38 Å². The van der Waals surface area contributed by atoms with Crippen molar-refractivity contribution in [1.82, 2.24) is 15.2 Å². The zero-order valence-corrected chi connectivity index (χ0v) is 19.6. The summed E-state index contributed by atoms with van der Waals surface area (Å²) in [5.41, 5.74) is 4.74. The average molecular weight is 490 g/mol. The van der Waals surface area contributed by atoms with Crippen LogP contribution in [0, 0.1) is 12.3 Å². The largest absolute Gasteiger partial charge is 0.480 e. The standard InChI is InChI=1S/C26H23N3O5S/c1-2-13-29(14-24(30)31)25(32)22-16-35-23(28-22)11-12-27-26(33)34-15-21-19-9-5-3-7-17(19)18-8-4-6-10-20(18)21/h1,3-10,16,21H,11-15H2,(H,27,33)(H,30,31). The van der Waals surface area contributed by atoms with Gasteiger partial charge < -0.3 is 20.1 Å². The maximum Gasteiger partial charge on any atom is 0.407 e. The minimum absolute atomic E-state index is 0.0163. The first-order chi connectivity index (χ1) is 17.0. The molecule has 0 unspecified atom stereocenters. The van der Waals surface area contributed by atoms with Crippen LogP contribution in [0.25, 0.3) is 11.1 Å². The van der Waals surface area contributed by atoms with Gasteiger partial charge in [0.25, 0.3) is 5.91 Å². The second kappa shape index (κ2) is 10.8. The van der Waals surface area contributed by atoms with Gasteiger partial charge in [-0.2, -0.15) is 0 Å². The average Bonchev–Trinajstić information content (AvgIpc) is 3.45. The minimum atomic E-state index is -1.16. The van der Waals surface area contributed by atoms with Gasteiger partial charge in [0.2, 0.25) is 0 Å². The van der Waals surface area contributed by atoms with Gasteiger partial charge in [-0.15, -0.1) is 17.8 Å². The fraction of sp³-hybridized carbons (Fsp3) is 0.231. The Kier molecular flexibility index (Phi) is 7.43. The van der Waals surface area contributed by atoms with E-state index in [2.05, 4.69) is 40.5 Å². The van der Waals surface area contributed by atoms with Crippen LogP contribution >= 0.6 is 11.3 Å². The summed E-state index contributed by atoms with van der Waals surface area (Å²) in [6, 6.07) is 16.2. The Hall–Kier alpha value is -4.16. The highest BCUT2D eigenvalue weighted by atomic mass is 32.1. The lowest BCUT2D eigenvalue weighted by Gasteiger charge is -2.16. The third-order valence-corrected chi connectivity index (χ3v) is 6.53. The van der Waals surface area contributed by atoms with E-state index in [-0.39, 0.29) is 31.3 Å². The molecule has 4 rings (SSSR count). The molecule has 2 aromatic carbocycles. The quantitative estimate of drug-likeness (QED) is 0.446. The fourth-order valence-corrected chi connectivity index (χ4v) is 4.85. The van der Waals surface area contributed by atoms with Gasteiger partial charge in [-0.1, -0.05) is 54.5 Å². The van der Waals surface area contributed by atoms with E-state index in [0.717, 1.165) is 27.2 Å². The molecule has 1 aliphatic carbocycles. The van der Waals surface area contributed by atoms with Crippen LogP contribution in [0.5, 0.6) is 0 Å².